The number of amidine groups is 1. The minimum atomic E-state index is -4.11. The van der Waals surface area contributed by atoms with Gasteiger partial charge in [-0.3, -0.25) is 4.79 Å². The van der Waals surface area contributed by atoms with E-state index >= 15 is 0 Å². The van der Waals surface area contributed by atoms with Gasteiger partial charge in [-0.1, -0.05) is 53.7 Å². The van der Waals surface area contributed by atoms with Crippen LogP contribution in [0.1, 0.15) is 15.9 Å². The van der Waals surface area contributed by atoms with Crippen molar-refractivity contribution in [3.05, 3.63) is 64.7 Å². The molecule has 23 heavy (non-hydrogen) atoms. The Morgan fingerprint density at radius 2 is 1.83 bits per heavy atom. The molecule has 0 saturated heterocycles. The van der Waals surface area contributed by atoms with E-state index in [2.05, 4.69) is 4.40 Å². The quantitative estimate of drug-likeness (QED) is 0.509. The molecule has 0 amide bonds. The zero-order chi connectivity index (χ0) is 17.0. The molecule has 0 atom stereocenters. The summed E-state index contributed by atoms with van der Waals surface area (Å²) in [5.41, 5.74) is 5.80. The summed E-state index contributed by atoms with van der Waals surface area (Å²) in [5, 5.41) is 0.142. The second-order valence-corrected chi connectivity index (χ2v) is 7.28. The molecule has 120 valence electrons. The largest absolute Gasteiger partial charge is 0.378 e. The van der Waals surface area contributed by atoms with Crippen molar-refractivity contribution in [1.82, 2.24) is 0 Å². The summed E-state index contributed by atoms with van der Waals surface area (Å²) in [5.74, 6) is -0.454. The maximum Gasteiger partial charge on any atom is 0.285 e. The Morgan fingerprint density at radius 1 is 1.17 bits per heavy atom. The van der Waals surface area contributed by atoms with Crippen LogP contribution in [-0.4, -0.2) is 25.6 Å². The van der Waals surface area contributed by atoms with Crippen LogP contribution in [0.3, 0.4) is 0 Å². The van der Waals surface area contributed by atoms with E-state index in [1.54, 1.807) is 36.6 Å². The Bertz CT molecular complexity index is 866. The number of nitrogens with zero attached hydrogens (tertiary/aromatic N) is 1. The molecule has 0 saturated carbocycles. The number of ketones is 1. The Morgan fingerprint density at radius 3 is 2.43 bits per heavy atom. The zero-order valence-corrected chi connectivity index (χ0v) is 14.5. The number of hydrogen-bond donors (Lipinski definition) is 1. The Hall–Kier alpha value is -1.83. The highest BCUT2D eigenvalue weighted by molar-refractivity contribution is 8.13. The molecule has 5 nitrogen and oxygen atoms in total. The van der Waals surface area contributed by atoms with Crippen molar-refractivity contribution in [3.8, 4) is 0 Å². The van der Waals surface area contributed by atoms with Crippen molar-refractivity contribution in [2.24, 2.45) is 10.1 Å². The molecule has 0 aromatic heterocycles. The molecule has 0 unspecified atom stereocenters. The summed E-state index contributed by atoms with van der Waals surface area (Å²) < 4.78 is 28.3. The van der Waals surface area contributed by atoms with Gasteiger partial charge in [0.25, 0.3) is 10.0 Å². The van der Waals surface area contributed by atoms with Crippen LogP contribution < -0.4 is 5.73 Å². The van der Waals surface area contributed by atoms with E-state index in [1.165, 1.54) is 18.2 Å². The SMILES string of the molecule is CS/C(N)=N\S(=O)(=O)c1ccc(Cl)cc1C(=O)c1ccccc1. The van der Waals surface area contributed by atoms with E-state index in [9.17, 15) is 13.2 Å². The number of nitrogens with two attached hydrogens (primary N) is 1. The van der Waals surface area contributed by atoms with Gasteiger partial charge in [0.15, 0.2) is 11.0 Å². The number of thioether (sulfide) groups is 1. The molecule has 2 aromatic carbocycles. The highest BCUT2D eigenvalue weighted by Gasteiger charge is 2.23. The molecule has 2 rings (SSSR count). The molecule has 0 aliphatic rings. The minimum Gasteiger partial charge on any atom is -0.378 e. The molecule has 0 fully saturated rings. The third-order valence-electron chi connectivity index (χ3n) is 2.92. The van der Waals surface area contributed by atoms with Crippen molar-refractivity contribution in [1.29, 1.82) is 0 Å². The second-order valence-electron chi connectivity index (χ2n) is 4.44. The minimum absolute atomic E-state index is 0.0404. The zero-order valence-electron chi connectivity index (χ0n) is 12.1. The van der Waals surface area contributed by atoms with Gasteiger partial charge in [0.1, 0.15) is 4.90 Å². The maximum absolute atomic E-state index is 12.6. The number of halogens is 1. The summed E-state index contributed by atoms with van der Waals surface area (Å²) in [6.45, 7) is 0. The Kier molecular flexibility index (Phi) is 5.46. The van der Waals surface area contributed by atoms with Crippen molar-refractivity contribution in [2.45, 2.75) is 4.90 Å². The standard InChI is InChI=1S/C15H13ClN2O3S2/c1-22-15(17)18-23(20,21)13-8-7-11(16)9-12(13)14(19)10-5-3-2-4-6-10/h2-9H,1H3,(H2,17,18). The number of hydrogen-bond acceptors (Lipinski definition) is 4. The first-order chi connectivity index (χ1) is 10.8. The number of carbonyl (C=O) groups is 1. The van der Waals surface area contributed by atoms with Gasteiger partial charge in [0.05, 0.1) is 0 Å². The molecule has 0 heterocycles. The van der Waals surface area contributed by atoms with Crippen molar-refractivity contribution < 1.29 is 13.2 Å². The summed E-state index contributed by atoms with van der Waals surface area (Å²) in [4.78, 5) is 12.4. The third kappa shape index (κ3) is 4.13. The van der Waals surface area contributed by atoms with E-state index in [0.29, 0.717) is 5.56 Å². The number of benzene rings is 2. The van der Waals surface area contributed by atoms with Crippen molar-refractivity contribution in [3.63, 3.8) is 0 Å². The van der Waals surface area contributed by atoms with Gasteiger partial charge >= 0.3 is 0 Å². The second kappa shape index (κ2) is 7.16. The summed E-state index contributed by atoms with van der Waals surface area (Å²) >= 11 is 6.92. The first-order valence-corrected chi connectivity index (χ1v) is 9.43. The van der Waals surface area contributed by atoms with Crippen LogP contribution in [0, 0.1) is 0 Å². The van der Waals surface area contributed by atoms with Crippen molar-refractivity contribution >= 4 is 44.3 Å². The number of sulfonamides is 1. The van der Waals surface area contributed by atoms with Gasteiger partial charge in [0, 0.05) is 16.1 Å². The first kappa shape index (κ1) is 17.5. The average Bonchev–Trinajstić information content (AvgIpc) is 2.54. The van der Waals surface area contributed by atoms with Gasteiger partial charge in [-0.15, -0.1) is 4.40 Å². The van der Waals surface area contributed by atoms with Crippen LogP contribution in [0.2, 0.25) is 5.02 Å². The first-order valence-electron chi connectivity index (χ1n) is 6.39. The van der Waals surface area contributed by atoms with E-state index in [-0.39, 0.29) is 20.6 Å². The van der Waals surface area contributed by atoms with Crippen LogP contribution in [0.5, 0.6) is 0 Å². The molecular formula is C15H13ClN2O3S2. The molecular weight excluding hydrogens is 356 g/mol. The summed E-state index contributed by atoms with van der Waals surface area (Å²) in [6, 6.07) is 12.3. The van der Waals surface area contributed by atoms with Crippen molar-refractivity contribution in [2.75, 3.05) is 6.26 Å². The fourth-order valence-electron chi connectivity index (χ4n) is 1.85. The molecule has 8 heteroatoms. The lowest BCUT2D eigenvalue weighted by Crippen LogP contribution is -2.13. The fraction of sp³-hybridized carbons (Fsp3) is 0.0667. The summed E-state index contributed by atoms with van der Waals surface area (Å²) in [7, 11) is -4.11. The summed E-state index contributed by atoms with van der Waals surface area (Å²) in [6.07, 6.45) is 1.60. The fourth-order valence-corrected chi connectivity index (χ4v) is 3.62. The number of rotatable bonds is 4. The van der Waals surface area contributed by atoms with Crippen LogP contribution in [0.4, 0.5) is 0 Å². The van der Waals surface area contributed by atoms with Crippen LogP contribution in [0.25, 0.3) is 0 Å². The molecule has 0 aliphatic heterocycles. The molecule has 0 spiro atoms. The number of carbonyl (C=O) groups excluding carboxylic acids is 1. The van der Waals surface area contributed by atoms with Crippen LogP contribution in [-0.2, 0) is 10.0 Å². The third-order valence-corrected chi connectivity index (χ3v) is 5.13. The van der Waals surface area contributed by atoms with Gasteiger partial charge in [-0.2, -0.15) is 8.42 Å². The van der Waals surface area contributed by atoms with Gasteiger partial charge < -0.3 is 5.73 Å². The highest BCUT2D eigenvalue weighted by atomic mass is 35.5. The Labute approximate surface area is 143 Å². The van der Waals surface area contributed by atoms with Crippen LogP contribution >= 0.6 is 23.4 Å². The van der Waals surface area contributed by atoms with E-state index in [0.717, 1.165) is 11.8 Å². The lowest BCUT2D eigenvalue weighted by Gasteiger charge is -2.08. The van der Waals surface area contributed by atoms with E-state index < -0.39 is 15.8 Å². The lowest BCUT2D eigenvalue weighted by atomic mass is 10.0. The molecule has 2 aromatic rings. The topological polar surface area (TPSA) is 89.6 Å². The van der Waals surface area contributed by atoms with Gasteiger partial charge in [-0.25, -0.2) is 0 Å². The normalized spacial score (nSPS) is 12.2. The van der Waals surface area contributed by atoms with Gasteiger partial charge in [0.2, 0.25) is 0 Å². The maximum atomic E-state index is 12.6. The smallest absolute Gasteiger partial charge is 0.285 e. The van der Waals surface area contributed by atoms with Gasteiger partial charge in [-0.05, 0) is 24.5 Å². The molecule has 2 N–H and O–H groups in total. The highest BCUT2D eigenvalue weighted by Crippen LogP contribution is 2.25. The lowest BCUT2D eigenvalue weighted by molar-refractivity contribution is 0.103. The van der Waals surface area contributed by atoms with Crippen LogP contribution in [0.15, 0.2) is 57.8 Å². The molecule has 0 radical (unpaired) electrons. The van der Waals surface area contributed by atoms with E-state index in [1.807, 2.05) is 0 Å². The van der Waals surface area contributed by atoms with E-state index in [4.69, 9.17) is 17.3 Å². The molecule has 0 bridgehead atoms. The predicted octanol–water partition coefficient (Wildman–Crippen LogP) is 2.94. The monoisotopic (exact) mass is 368 g/mol. The molecule has 0 aliphatic carbocycles. The predicted molar refractivity (Wildman–Crippen MR) is 93.6 cm³/mol. The Balaban J connectivity index is 2.62. The average molecular weight is 369 g/mol.